The fourth-order valence-electron chi connectivity index (χ4n) is 1.73. The van der Waals surface area contributed by atoms with Crippen LogP contribution in [0.25, 0.3) is 0 Å². The Labute approximate surface area is 131 Å². The average Bonchev–Trinajstić information content (AvgIpc) is 2.52. The standard InChI is InChI=1S/C18H20IO/c1-16(20-15-17-10-4-2-5-11-17)9-8-14-19-18-12-6-3-7-13-18/h2-8,10-14,16H,9,15H2,1H3/q+1/b14-8-. The van der Waals surface area contributed by atoms with Crippen molar-refractivity contribution in [1.82, 2.24) is 0 Å². The third kappa shape index (κ3) is 5.88. The van der Waals surface area contributed by atoms with Crippen LogP contribution in [0.1, 0.15) is 18.9 Å². The van der Waals surface area contributed by atoms with E-state index in [0.717, 1.165) is 6.42 Å². The maximum Gasteiger partial charge on any atom is 0.349 e. The maximum atomic E-state index is 5.84. The molecule has 0 spiro atoms. The largest absolute Gasteiger partial charge is 0.374 e. The molecule has 2 aromatic carbocycles. The van der Waals surface area contributed by atoms with Gasteiger partial charge in [0.05, 0.1) is 12.7 Å². The average molecular weight is 379 g/mol. The van der Waals surface area contributed by atoms with E-state index in [0.29, 0.717) is 6.61 Å². The van der Waals surface area contributed by atoms with Crippen LogP contribution in [0.4, 0.5) is 0 Å². The van der Waals surface area contributed by atoms with Crippen LogP contribution in [0.5, 0.6) is 0 Å². The summed E-state index contributed by atoms with van der Waals surface area (Å²) >= 11 is 0.00434. The van der Waals surface area contributed by atoms with Gasteiger partial charge in [0, 0.05) is 0 Å². The molecule has 1 unspecified atom stereocenters. The highest BCUT2D eigenvalue weighted by Crippen LogP contribution is 2.05. The van der Waals surface area contributed by atoms with Gasteiger partial charge in [-0.15, -0.1) is 0 Å². The molecule has 0 amide bonds. The van der Waals surface area contributed by atoms with Gasteiger partial charge in [0.1, 0.15) is 0 Å². The summed E-state index contributed by atoms with van der Waals surface area (Å²) in [5.41, 5.74) is 1.24. The molecule has 0 aromatic heterocycles. The highest BCUT2D eigenvalue weighted by atomic mass is 127. The summed E-state index contributed by atoms with van der Waals surface area (Å²) in [5, 5.41) is 0. The Hall–Kier alpha value is -1.13. The highest BCUT2D eigenvalue weighted by Gasteiger charge is 2.06. The molecule has 0 saturated heterocycles. The summed E-state index contributed by atoms with van der Waals surface area (Å²) < 4.78 is 9.63. The Morgan fingerprint density at radius 3 is 2.35 bits per heavy atom. The number of ether oxygens (including phenoxy) is 1. The molecular weight excluding hydrogens is 359 g/mol. The first-order valence-electron chi connectivity index (χ1n) is 6.83. The Morgan fingerprint density at radius 1 is 1.00 bits per heavy atom. The summed E-state index contributed by atoms with van der Waals surface area (Å²) in [6, 6.07) is 21.0. The molecule has 0 aliphatic heterocycles. The number of benzene rings is 2. The van der Waals surface area contributed by atoms with Gasteiger partial charge in [0.2, 0.25) is 0 Å². The zero-order valence-electron chi connectivity index (χ0n) is 11.7. The van der Waals surface area contributed by atoms with Crippen LogP contribution in [-0.2, 0) is 11.3 Å². The second-order valence-electron chi connectivity index (χ2n) is 4.61. The molecule has 0 fully saturated rings. The summed E-state index contributed by atoms with van der Waals surface area (Å²) in [5.74, 6) is 0. The van der Waals surface area contributed by atoms with E-state index in [1.807, 2.05) is 18.2 Å². The molecule has 20 heavy (non-hydrogen) atoms. The topological polar surface area (TPSA) is 9.23 Å². The van der Waals surface area contributed by atoms with E-state index in [1.54, 1.807) is 0 Å². The minimum atomic E-state index is 0.00434. The Bertz CT molecular complexity index is 507. The van der Waals surface area contributed by atoms with Gasteiger partial charge < -0.3 is 4.74 Å². The first-order valence-corrected chi connectivity index (χ1v) is 9.16. The summed E-state index contributed by atoms with van der Waals surface area (Å²) in [7, 11) is 0. The zero-order chi connectivity index (χ0) is 14.0. The van der Waals surface area contributed by atoms with Crippen molar-refractivity contribution in [2.75, 3.05) is 0 Å². The predicted molar refractivity (Wildman–Crippen MR) is 79.6 cm³/mol. The van der Waals surface area contributed by atoms with Crippen molar-refractivity contribution in [1.29, 1.82) is 0 Å². The van der Waals surface area contributed by atoms with Gasteiger partial charge in [-0.25, -0.2) is 0 Å². The molecule has 0 aliphatic rings. The molecule has 0 radical (unpaired) electrons. The van der Waals surface area contributed by atoms with Crippen molar-refractivity contribution in [2.45, 2.75) is 26.1 Å². The van der Waals surface area contributed by atoms with Gasteiger partial charge in [0.25, 0.3) is 0 Å². The Morgan fingerprint density at radius 2 is 1.65 bits per heavy atom. The molecule has 1 nitrogen and oxygen atoms in total. The fourth-order valence-corrected chi connectivity index (χ4v) is 3.52. The van der Waals surface area contributed by atoms with Crippen molar-refractivity contribution >= 4 is 0 Å². The van der Waals surface area contributed by atoms with Crippen molar-refractivity contribution in [3.8, 4) is 0 Å². The van der Waals surface area contributed by atoms with E-state index < -0.39 is 0 Å². The lowest BCUT2D eigenvalue weighted by Gasteiger charge is -2.10. The number of rotatable bonds is 7. The smallest absolute Gasteiger partial charge is 0.349 e. The van der Waals surface area contributed by atoms with Crippen molar-refractivity contribution in [2.24, 2.45) is 0 Å². The molecule has 0 saturated carbocycles. The lowest BCUT2D eigenvalue weighted by Crippen LogP contribution is -3.59. The first-order chi connectivity index (χ1) is 9.84. The molecule has 0 bridgehead atoms. The second kappa shape index (κ2) is 8.93. The minimum Gasteiger partial charge on any atom is -0.374 e. The first kappa shape index (κ1) is 15.3. The maximum absolute atomic E-state index is 5.84. The third-order valence-corrected chi connectivity index (χ3v) is 5.16. The van der Waals surface area contributed by atoms with Crippen LogP contribution in [0.2, 0.25) is 0 Å². The van der Waals surface area contributed by atoms with E-state index >= 15 is 0 Å². The van der Waals surface area contributed by atoms with Crippen molar-refractivity contribution in [3.63, 3.8) is 0 Å². The summed E-state index contributed by atoms with van der Waals surface area (Å²) in [6.07, 6.45) is 3.52. The molecular formula is C18H20IO+. The van der Waals surface area contributed by atoms with Crippen LogP contribution in [0.15, 0.2) is 70.8 Å². The lowest BCUT2D eigenvalue weighted by atomic mass is 10.2. The quantitative estimate of drug-likeness (QED) is 0.662. The van der Waals surface area contributed by atoms with Crippen LogP contribution in [-0.4, -0.2) is 6.10 Å². The highest BCUT2D eigenvalue weighted by molar-refractivity contribution is 5.13. The Kier molecular flexibility index (Phi) is 6.81. The second-order valence-corrected chi connectivity index (χ2v) is 7.20. The molecule has 2 heteroatoms. The van der Waals surface area contributed by atoms with Gasteiger partial charge in [0.15, 0.2) is 7.65 Å². The molecule has 2 aromatic rings. The minimum absolute atomic E-state index is 0.00434. The predicted octanol–water partition coefficient (Wildman–Crippen LogP) is 1.45. The van der Waals surface area contributed by atoms with Gasteiger partial charge in [-0.05, 0) is 37.1 Å². The van der Waals surface area contributed by atoms with Crippen LogP contribution in [0, 0.1) is 3.57 Å². The molecule has 1 atom stereocenters. The molecule has 0 aliphatic carbocycles. The van der Waals surface area contributed by atoms with Crippen LogP contribution >= 0.6 is 0 Å². The zero-order valence-corrected chi connectivity index (χ0v) is 13.9. The van der Waals surface area contributed by atoms with Crippen LogP contribution < -0.4 is 21.2 Å². The molecule has 104 valence electrons. The van der Waals surface area contributed by atoms with E-state index in [4.69, 9.17) is 4.74 Å². The molecule has 2 rings (SSSR count). The Balaban J connectivity index is 1.66. The summed E-state index contributed by atoms with van der Waals surface area (Å²) in [6.45, 7) is 2.83. The van der Waals surface area contributed by atoms with Gasteiger partial charge in [-0.1, -0.05) is 48.5 Å². The molecule has 0 heterocycles. The van der Waals surface area contributed by atoms with Crippen molar-refractivity contribution in [3.05, 3.63) is 80.0 Å². The number of hydrogen-bond acceptors (Lipinski definition) is 1. The van der Waals surface area contributed by atoms with E-state index in [1.165, 1.54) is 9.13 Å². The van der Waals surface area contributed by atoms with Gasteiger partial charge >= 0.3 is 21.2 Å². The molecule has 0 N–H and O–H groups in total. The third-order valence-electron chi connectivity index (χ3n) is 2.86. The van der Waals surface area contributed by atoms with E-state index in [-0.39, 0.29) is 27.3 Å². The van der Waals surface area contributed by atoms with Gasteiger partial charge in [-0.2, -0.15) is 0 Å². The number of hydrogen-bond donors (Lipinski definition) is 0. The normalized spacial score (nSPS) is 12.7. The van der Waals surface area contributed by atoms with Crippen LogP contribution in [0.3, 0.4) is 0 Å². The number of halogens is 1. The van der Waals surface area contributed by atoms with E-state index in [2.05, 4.69) is 59.5 Å². The van der Waals surface area contributed by atoms with Gasteiger partial charge in [-0.3, -0.25) is 0 Å². The fraction of sp³-hybridized carbons (Fsp3) is 0.222. The van der Waals surface area contributed by atoms with E-state index in [9.17, 15) is 0 Å². The van der Waals surface area contributed by atoms with Crippen molar-refractivity contribution < 1.29 is 25.9 Å². The SMILES string of the molecule is CC(C/C=C\[I+]c1ccccc1)OCc1ccccc1. The monoisotopic (exact) mass is 379 g/mol. The summed E-state index contributed by atoms with van der Waals surface area (Å²) in [4.78, 5) is 0. The lowest BCUT2D eigenvalue weighted by molar-refractivity contribution is -0.557.